The Bertz CT molecular complexity index is 405. The van der Waals surface area contributed by atoms with Gasteiger partial charge in [-0.2, -0.15) is 13.2 Å². The van der Waals surface area contributed by atoms with Gasteiger partial charge >= 0.3 is 11.5 Å². The molecular weight excluding hydrogens is 261 g/mol. The molecule has 0 saturated carbocycles. The number of nitrogens with zero attached hydrogens (tertiary/aromatic N) is 1. The number of methoxy groups -OCH3 is 1. The number of ether oxygens (including phenoxy) is 2. The monoisotopic (exact) mass is 270 g/mol. The Morgan fingerprint density at radius 2 is 2.18 bits per heavy atom. The fraction of sp³-hybridized carbons (Fsp3) is 0.500. The lowest BCUT2D eigenvalue weighted by atomic mass is 10.4. The zero-order chi connectivity index (χ0) is 13.1. The molecule has 96 valence electrons. The van der Waals surface area contributed by atoms with Gasteiger partial charge in [0.05, 0.1) is 13.7 Å². The van der Waals surface area contributed by atoms with Crippen molar-refractivity contribution in [3.63, 3.8) is 0 Å². The normalized spacial score (nSPS) is 11.4. The van der Waals surface area contributed by atoms with Crippen molar-refractivity contribution in [3.8, 4) is 5.88 Å². The average molecular weight is 270 g/mol. The standard InChI is InChI=1S/C8H9F3N2O3S/c1-3-16-7(14)4-5(17-8(9,10)11)6(15-2)13-12-4/h3H2,1-2H3,(H,12,13). The lowest BCUT2D eigenvalue weighted by Crippen LogP contribution is -2.08. The van der Waals surface area contributed by atoms with Crippen molar-refractivity contribution < 1.29 is 27.4 Å². The number of hydrogen-bond donors (Lipinski definition) is 1. The van der Waals surface area contributed by atoms with E-state index in [-0.39, 0.29) is 18.2 Å². The summed E-state index contributed by atoms with van der Waals surface area (Å²) < 4.78 is 46.1. The van der Waals surface area contributed by atoms with Crippen LogP contribution in [0.15, 0.2) is 4.90 Å². The quantitative estimate of drug-likeness (QED) is 0.671. The van der Waals surface area contributed by atoms with E-state index in [0.29, 0.717) is 0 Å². The van der Waals surface area contributed by atoms with Crippen LogP contribution in [0.5, 0.6) is 5.88 Å². The van der Waals surface area contributed by atoms with E-state index >= 15 is 0 Å². The third-order valence-electron chi connectivity index (χ3n) is 1.58. The number of carbonyl (C=O) groups excluding carboxylic acids is 1. The van der Waals surface area contributed by atoms with Crippen LogP contribution in [-0.2, 0) is 4.74 Å². The third-order valence-corrected chi connectivity index (χ3v) is 2.40. The molecule has 1 aromatic heterocycles. The summed E-state index contributed by atoms with van der Waals surface area (Å²) in [5, 5.41) is 5.62. The average Bonchev–Trinajstić information content (AvgIpc) is 2.58. The number of nitrogens with one attached hydrogen (secondary N) is 1. The van der Waals surface area contributed by atoms with E-state index in [1.54, 1.807) is 6.92 Å². The van der Waals surface area contributed by atoms with Crippen molar-refractivity contribution in [2.75, 3.05) is 13.7 Å². The maximum atomic E-state index is 12.3. The molecule has 1 N–H and O–H groups in total. The van der Waals surface area contributed by atoms with Crippen LogP contribution in [0.25, 0.3) is 0 Å². The zero-order valence-corrected chi connectivity index (χ0v) is 9.74. The highest BCUT2D eigenvalue weighted by Gasteiger charge is 2.35. The minimum Gasteiger partial charge on any atom is -0.479 e. The van der Waals surface area contributed by atoms with Gasteiger partial charge in [-0.3, -0.25) is 5.10 Å². The predicted octanol–water partition coefficient (Wildman–Crippen LogP) is 2.21. The van der Waals surface area contributed by atoms with Crippen LogP contribution in [0, 0.1) is 0 Å². The second-order valence-corrected chi connectivity index (χ2v) is 3.78. The van der Waals surface area contributed by atoms with Gasteiger partial charge in [0, 0.05) is 0 Å². The van der Waals surface area contributed by atoms with Gasteiger partial charge in [0.1, 0.15) is 4.90 Å². The molecule has 1 aromatic rings. The van der Waals surface area contributed by atoms with Crippen molar-refractivity contribution in [3.05, 3.63) is 5.69 Å². The van der Waals surface area contributed by atoms with Crippen molar-refractivity contribution in [1.29, 1.82) is 0 Å². The third kappa shape index (κ3) is 3.55. The summed E-state index contributed by atoms with van der Waals surface area (Å²) in [7, 11) is 1.16. The molecule has 0 bridgehead atoms. The Morgan fingerprint density at radius 1 is 1.53 bits per heavy atom. The summed E-state index contributed by atoms with van der Waals surface area (Å²) in [6.45, 7) is 1.60. The number of esters is 1. The van der Waals surface area contributed by atoms with E-state index in [0.717, 1.165) is 7.11 Å². The first-order chi connectivity index (χ1) is 7.89. The second-order valence-electron chi connectivity index (χ2n) is 2.71. The SMILES string of the molecule is CCOC(=O)c1[nH]nc(OC)c1SC(F)(F)F. The van der Waals surface area contributed by atoms with Gasteiger partial charge in [0.2, 0.25) is 5.88 Å². The summed E-state index contributed by atoms with van der Waals surface area (Å²) in [6.07, 6.45) is 0. The van der Waals surface area contributed by atoms with Crippen LogP contribution >= 0.6 is 11.8 Å². The van der Waals surface area contributed by atoms with Crippen molar-refractivity contribution in [2.45, 2.75) is 17.3 Å². The molecule has 0 aliphatic heterocycles. The second kappa shape index (κ2) is 5.30. The Balaban J connectivity index is 3.06. The molecule has 0 amide bonds. The molecule has 0 radical (unpaired) electrons. The van der Waals surface area contributed by atoms with Crippen LogP contribution < -0.4 is 4.74 Å². The minimum absolute atomic E-state index is 0.0519. The Labute approximate surface area is 98.7 Å². The highest BCUT2D eigenvalue weighted by atomic mass is 32.2. The highest BCUT2D eigenvalue weighted by Crippen LogP contribution is 2.42. The fourth-order valence-electron chi connectivity index (χ4n) is 1.01. The van der Waals surface area contributed by atoms with E-state index in [1.165, 1.54) is 0 Å². The van der Waals surface area contributed by atoms with E-state index in [9.17, 15) is 18.0 Å². The van der Waals surface area contributed by atoms with Crippen LogP contribution in [0.2, 0.25) is 0 Å². The van der Waals surface area contributed by atoms with Gasteiger partial charge in [-0.25, -0.2) is 4.79 Å². The fourth-order valence-corrected chi connectivity index (χ4v) is 1.68. The zero-order valence-electron chi connectivity index (χ0n) is 8.92. The lowest BCUT2D eigenvalue weighted by Gasteiger charge is -2.06. The minimum atomic E-state index is -4.54. The van der Waals surface area contributed by atoms with E-state index in [1.807, 2.05) is 0 Å². The summed E-state index contributed by atoms with van der Waals surface area (Å²) in [4.78, 5) is 10.9. The topological polar surface area (TPSA) is 64.2 Å². The van der Waals surface area contributed by atoms with Crippen LogP contribution in [0.1, 0.15) is 17.4 Å². The van der Waals surface area contributed by atoms with Crippen LogP contribution in [0.4, 0.5) is 13.2 Å². The molecule has 5 nitrogen and oxygen atoms in total. The summed E-state index contributed by atoms with van der Waals surface area (Å²) in [5.41, 5.74) is -4.91. The Kier molecular flexibility index (Phi) is 4.27. The number of aromatic amines is 1. The number of hydrogen-bond acceptors (Lipinski definition) is 5. The molecule has 0 spiro atoms. The predicted molar refractivity (Wildman–Crippen MR) is 53.0 cm³/mol. The molecule has 0 unspecified atom stereocenters. The summed E-state index contributed by atoms with van der Waals surface area (Å²) in [5.74, 6) is -1.20. The molecule has 0 saturated heterocycles. The maximum Gasteiger partial charge on any atom is 0.446 e. The molecule has 17 heavy (non-hydrogen) atoms. The number of rotatable bonds is 4. The smallest absolute Gasteiger partial charge is 0.446 e. The van der Waals surface area contributed by atoms with Crippen LogP contribution in [-0.4, -0.2) is 35.4 Å². The van der Waals surface area contributed by atoms with E-state index in [2.05, 4.69) is 19.7 Å². The van der Waals surface area contributed by atoms with Gasteiger partial charge < -0.3 is 9.47 Å². The Hall–Kier alpha value is -1.38. The largest absolute Gasteiger partial charge is 0.479 e. The molecule has 1 heterocycles. The van der Waals surface area contributed by atoms with Gasteiger partial charge in [-0.15, -0.1) is 5.10 Å². The lowest BCUT2D eigenvalue weighted by molar-refractivity contribution is -0.0329. The molecule has 0 fully saturated rings. The highest BCUT2D eigenvalue weighted by molar-refractivity contribution is 8.00. The van der Waals surface area contributed by atoms with Crippen molar-refractivity contribution in [2.24, 2.45) is 0 Å². The van der Waals surface area contributed by atoms with Crippen molar-refractivity contribution in [1.82, 2.24) is 10.2 Å². The molecule has 0 atom stereocenters. The molecule has 0 aliphatic carbocycles. The first kappa shape index (κ1) is 13.7. The molecular formula is C8H9F3N2O3S. The number of H-pyrrole nitrogens is 1. The number of halogens is 3. The number of aromatic nitrogens is 2. The van der Waals surface area contributed by atoms with Gasteiger partial charge in [-0.1, -0.05) is 0 Å². The number of carbonyl (C=O) groups is 1. The maximum absolute atomic E-state index is 12.3. The van der Waals surface area contributed by atoms with Crippen LogP contribution in [0.3, 0.4) is 0 Å². The molecule has 1 rings (SSSR count). The molecule has 0 aromatic carbocycles. The van der Waals surface area contributed by atoms with Gasteiger partial charge in [-0.05, 0) is 18.7 Å². The number of alkyl halides is 3. The van der Waals surface area contributed by atoms with Crippen molar-refractivity contribution >= 4 is 17.7 Å². The number of thioether (sulfide) groups is 1. The summed E-state index contributed by atoms with van der Waals surface area (Å²) >= 11 is -0.480. The molecule has 0 aliphatic rings. The first-order valence-electron chi connectivity index (χ1n) is 4.44. The Morgan fingerprint density at radius 3 is 2.65 bits per heavy atom. The molecule has 9 heteroatoms. The van der Waals surface area contributed by atoms with Gasteiger partial charge in [0.15, 0.2) is 5.69 Å². The van der Waals surface area contributed by atoms with E-state index < -0.39 is 28.1 Å². The van der Waals surface area contributed by atoms with E-state index in [4.69, 9.17) is 0 Å². The summed E-state index contributed by atoms with van der Waals surface area (Å²) in [6, 6.07) is 0. The first-order valence-corrected chi connectivity index (χ1v) is 5.26. The van der Waals surface area contributed by atoms with Gasteiger partial charge in [0.25, 0.3) is 0 Å².